The van der Waals surface area contributed by atoms with E-state index in [2.05, 4.69) is 12.2 Å². The SMILES string of the molecule is CCCCCCCCOC(=O)NC(c1ccccc1)c1ccccc1. The normalized spacial score (nSPS) is 10.6. The van der Waals surface area contributed by atoms with Gasteiger partial charge in [-0.25, -0.2) is 4.79 Å². The first kappa shape index (κ1) is 19.0. The molecule has 0 heterocycles. The van der Waals surface area contributed by atoms with Crippen LogP contribution in [0.25, 0.3) is 0 Å². The first-order valence-electron chi connectivity index (χ1n) is 9.34. The number of carbonyl (C=O) groups is 1. The van der Waals surface area contributed by atoms with Crippen molar-refractivity contribution < 1.29 is 9.53 Å². The van der Waals surface area contributed by atoms with Crippen molar-refractivity contribution in [1.82, 2.24) is 5.32 Å². The fourth-order valence-corrected chi connectivity index (χ4v) is 2.86. The topological polar surface area (TPSA) is 38.3 Å². The van der Waals surface area contributed by atoms with Gasteiger partial charge in [-0.1, -0.05) is 99.7 Å². The van der Waals surface area contributed by atoms with E-state index in [0.29, 0.717) is 6.61 Å². The van der Waals surface area contributed by atoms with E-state index >= 15 is 0 Å². The van der Waals surface area contributed by atoms with Gasteiger partial charge >= 0.3 is 6.09 Å². The first-order chi connectivity index (χ1) is 12.3. The summed E-state index contributed by atoms with van der Waals surface area (Å²) < 4.78 is 5.37. The second-order valence-corrected chi connectivity index (χ2v) is 6.30. The minimum Gasteiger partial charge on any atom is -0.450 e. The van der Waals surface area contributed by atoms with Gasteiger partial charge in [-0.3, -0.25) is 0 Å². The third-order valence-electron chi connectivity index (χ3n) is 4.26. The number of carbonyl (C=O) groups excluding carboxylic acids is 1. The third-order valence-corrected chi connectivity index (χ3v) is 4.26. The van der Waals surface area contributed by atoms with Crippen molar-refractivity contribution in [3.05, 3.63) is 71.8 Å². The number of hydrogen-bond acceptors (Lipinski definition) is 2. The summed E-state index contributed by atoms with van der Waals surface area (Å²) in [4.78, 5) is 12.2. The Morgan fingerprint density at radius 3 is 1.92 bits per heavy atom. The van der Waals surface area contributed by atoms with Crippen LogP contribution in [0.15, 0.2) is 60.7 Å². The fourth-order valence-electron chi connectivity index (χ4n) is 2.86. The van der Waals surface area contributed by atoms with Crippen molar-refractivity contribution in [1.29, 1.82) is 0 Å². The molecule has 1 N–H and O–H groups in total. The van der Waals surface area contributed by atoms with Crippen LogP contribution in [0.3, 0.4) is 0 Å². The molecule has 0 bridgehead atoms. The molecule has 2 rings (SSSR count). The number of ether oxygens (including phenoxy) is 1. The van der Waals surface area contributed by atoms with Crippen molar-refractivity contribution in [3.8, 4) is 0 Å². The van der Waals surface area contributed by atoms with Gasteiger partial charge in [0.25, 0.3) is 0 Å². The van der Waals surface area contributed by atoms with Crippen LogP contribution in [0.4, 0.5) is 4.79 Å². The molecule has 3 heteroatoms. The van der Waals surface area contributed by atoms with Crippen LogP contribution in [0.2, 0.25) is 0 Å². The van der Waals surface area contributed by atoms with E-state index in [1.807, 2.05) is 60.7 Å². The minimum atomic E-state index is -0.355. The first-order valence-corrected chi connectivity index (χ1v) is 9.34. The van der Waals surface area contributed by atoms with Gasteiger partial charge in [0, 0.05) is 0 Å². The molecule has 2 aromatic rings. The van der Waals surface area contributed by atoms with E-state index in [9.17, 15) is 4.79 Å². The van der Waals surface area contributed by atoms with Gasteiger partial charge in [0.15, 0.2) is 0 Å². The van der Waals surface area contributed by atoms with E-state index in [4.69, 9.17) is 4.74 Å². The molecule has 0 unspecified atom stereocenters. The molecule has 0 radical (unpaired) electrons. The van der Waals surface area contributed by atoms with Crippen molar-refractivity contribution >= 4 is 6.09 Å². The van der Waals surface area contributed by atoms with Gasteiger partial charge in [-0.2, -0.15) is 0 Å². The zero-order valence-corrected chi connectivity index (χ0v) is 15.1. The van der Waals surface area contributed by atoms with Gasteiger partial charge in [-0.05, 0) is 17.5 Å². The Morgan fingerprint density at radius 2 is 1.36 bits per heavy atom. The molecule has 0 fully saturated rings. The van der Waals surface area contributed by atoms with Gasteiger partial charge in [0.2, 0.25) is 0 Å². The molecule has 0 aliphatic rings. The Hall–Kier alpha value is -2.29. The summed E-state index contributed by atoms with van der Waals surface area (Å²) >= 11 is 0. The van der Waals surface area contributed by atoms with Crippen molar-refractivity contribution in [2.75, 3.05) is 6.61 Å². The van der Waals surface area contributed by atoms with E-state index in [-0.39, 0.29) is 12.1 Å². The summed E-state index contributed by atoms with van der Waals surface area (Å²) in [5.41, 5.74) is 2.09. The quantitative estimate of drug-likeness (QED) is 0.550. The number of alkyl carbamates (subject to hydrolysis) is 1. The van der Waals surface area contributed by atoms with E-state index in [1.54, 1.807) is 0 Å². The van der Waals surface area contributed by atoms with Crippen LogP contribution < -0.4 is 5.32 Å². The standard InChI is InChI=1S/C22H29NO2/c1-2-3-4-5-6-13-18-25-22(24)23-21(19-14-9-7-10-15-19)20-16-11-8-12-17-20/h7-12,14-17,21H,2-6,13,18H2,1H3,(H,23,24). The number of amides is 1. The zero-order chi connectivity index (χ0) is 17.7. The summed E-state index contributed by atoms with van der Waals surface area (Å²) in [5.74, 6) is 0. The number of nitrogens with one attached hydrogen (secondary N) is 1. The van der Waals surface area contributed by atoms with E-state index in [0.717, 1.165) is 24.0 Å². The highest BCUT2D eigenvalue weighted by molar-refractivity contribution is 5.68. The molecular weight excluding hydrogens is 310 g/mol. The average Bonchev–Trinajstić information content (AvgIpc) is 2.67. The van der Waals surface area contributed by atoms with Crippen LogP contribution in [0.1, 0.15) is 62.6 Å². The predicted octanol–water partition coefficient (Wildman–Crippen LogP) is 5.86. The zero-order valence-electron chi connectivity index (χ0n) is 15.1. The number of rotatable bonds is 10. The predicted molar refractivity (Wildman–Crippen MR) is 103 cm³/mol. The summed E-state index contributed by atoms with van der Waals surface area (Å²) in [6.45, 7) is 2.69. The molecule has 1 amide bonds. The number of hydrogen-bond donors (Lipinski definition) is 1. The maximum absolute atomic E-state index is 12.2. The Kier molecular flexibility index (Phi) is 8.60. The largest absolute Gasteiger partial charge is 0.450 e. The van der Waals surface area contributed by atoms with Crippen molar-refractivity contribution in [3.63, 3.8) is 0 Å². The molecule has 25 heavy (non-hydrogen) atoms. The molecule has 0 saturated heterocycles. The number of unbranched alkanes of at least 4 members (excludes halogenated alkanes) is 5. The molecule has 0 aromatic heterocycles. The van der Waals surface area contributed by atoms with Crippen LogP contribution >= 0.6 is 0 Å². The highest BCUT2D eigenvalue weighted by Crippen LogP contribution is 2.21. The second-order valence-electron chi connectivity index (χ2n) is 6.30. The highest BCUT2D eigenvalue weighted by Gasteiger charge is 2.17. The molecule has 0 spiro atoms. The number of benzene rings is 2. The van der Waals surface area contributed by atoms with Gasteiger partial charge in [-0.15, -0.1) is 0 Å². The molecule has 0 aliphatic heterocycles. The Labute approximate surface area is 151 Å². The summed E-state index contributed by atoms with van der Waals surface area (Å²) in [5, 5.41) is 3.00. The summed E-state index contributed by atoms with van der Waals surface area (Å²) in [7, 11) is 0. The molecule has 2 aromatic carbocycles. The molecule has 3 nitrogen and oxygen atoms in total. The molecule has 0 atom stereocenters. The Balaban J connectivity index is 1.84. The smallest absolute Gasteiger partial charge is 0.407 e. The maximum Gasteiger partial charge on any atom is 0.407 e. The van der Waals surface area contributed by atoms with Crippen LogP contribution in [-0.4, -0.2) is 12.7 Å². The average molecular weight is 339 g/mol. The molecule has 0 saturated carbocycles. The Bertz CT molecular complexity index is 558. The lowest BCUT2D eigenvalue weighted by molar-refractivity contribution is 0.141. The van der Waals surface area contributed by atoms with Gasteiger partial charge in [0.1, 0.15) is 0 Å². The fraction of sp³-hybridized carbons (Fsp3) is 0.409. The maximum atomic E-state index is 12.2. The lowest BCUT2D eigenvalue weighted by Crippen LogP contribution is -2.30. The van der Waals surface area contributed by atoms with Crippen molar-refractivity contribution in [2.45, 2.75) is 51.5 Å². The van der Waals surface area contributed by atoms with Crippen molar-refractivity contribution in [2.24, 2.45) is 0 Å². The van der Waals surface area contributed by atoms with E-state index in [1.165, 1.54) is 25.7 Å². The summed E-state index contributed by atoms with van der Waals surface area (Å²) in [6, 6.07) is 19.8. The molecule has 0 aliphatic carbocycles. The minimum absolute atomic E-state index is 0.195. The van der Waals surface area contributed by atoms with Crippen LogP contribution in [0.5, 0.6) is 0 Å². The molecular formula is C22H29NO2. The second kappa shape index (κ2) is 11.3. The van der Waals surface area contributed by atoms with Crippen LogP contribution in [-0.2, 0) is 4.74 Å². The lowest BCUT2D eigenvalue weighted by Gasteiger charge is -2.19. The van der Waals surface area contributed by atoms with Gasteiger partial charge in [0.05, 0.1) is 12.6 Å². The third kappa shape index (κ3) is 7.00. The lowest BCUT2D eigenvalue weighted by atomic mass is 9.99. The highest BCUT2D eigenvalue weighted by atomic mass is 16.5. The monoisotopic (exact) mass is 339 g/mol. The Morgan fingerprint density at radius 1 is 0.840 bits per heavy atom. The van der Waals surface area contributed by atoms with Crippen LogP contribution in [0, 0.1) is 0 Å². The van der Waals surface area contributed by atoms with Gasteiger partial charge < -0.3 is 10.1 Å². The summed E-state index contributed by atoms with van der Waals surface area (Å²) in [6.07, 6.45) is 6.72. The molecule has 134 valence electrons. The van der Waals surface area contributed by atoms with E-state index < -0.39 is 0 Å².